The van der Waals surface area contributed by atoms with Crippen LogP contribution >= 0.6 is 0 Å². The molecule has 0 N–H and O–H groups in total. The number of hydrogen-bond donors (Lipinski definition) is 0. The van der Waals surface area contributed by atoms with E-state index in [0.29, 0.717) is 12.2 Å². The maximum atomic E-state index is 10.8. The lowest BCUT2D eigenvalue weighted by Crippen LogP contribution is -2.10. The van der Waals surface area contributed by atoms with Gasteiger partial charge in [-0.15, -0.1) is 0 Å². The Kier molecular flexibility index (Phi) is 2.08. The second kappa shape index (κ2) is 3.59. The third-order valence-corrected chi connectivity index (χ3v) is 2.91. The smallest absolute Gasteiger partial charge is 0.285 e. The molecule has 1 heterocycles. The lowest BCUT2D eigenvalue weighted by Gasteiger charge is -2.14. The Morgan fingerprint density at radius 2 is 2.00 bits per heavy atom. The molecule has 2 aromatic carbocycles. The number of rotatable bonds is 1. The monoisotopic (exact) mass is 227 g/mol. The van der Waals surface area contributed by atoms with Crippen LogP contribution in [0, 0.1) is 10.1 Å². The minimum atomic E-state index is -0.398. The fourth-order valence-corrected chi connectivity index (χ4v) is 2.07. The first-order valence-electron chi connectivity index (χ1n) is 5.26. The summed E-state index contributed by atoms with van der Waals surface area (Å²) >= 11 is 0. The molecule has 0 unspecified atom stereocenters. The van der Waals surface area contributed by atoms with Crippen molar-refractivity contribution in [1.82, 2.24) is 0 Å². The van der Waals surface area contributed by atoms with E-state index in [1.807, 2.05) is 36.4 Å². The molecule has 0 bridgehead atoms. The van der Waals surface area contributed by atoms with E-state index in [1.54, 1.807) is 0 Å². The van der Waals surface area contributed by atoms with Crippen molar-refractivity contribution in [3.8, 4) is 5.75 Å². The zero-order valence-electron chi connectivity index (χ0n) is 8.92. The van der Waals surface area contributed by atoms with Gasteiger partial charge in [0.25, 0.3) is 5.70 Å². The van der Waals surface area contributed by atoms with Crippen LogP contribution in [0.4, 0.5) is 0 Å². The van der Waals surface area contributed by atoms with E-state index in [2.05, 4.69) is 0 Å². The molecule has 0 saturated heterocycles. The van der Waals surface area contributed by atoms with E-state index >= 15 is 0 Å². The van der Waals surface area contributed by atoms with Crippen LogP contribution in [0.3, 0.4) is 0 Å². The van der Waals surface area contributed by atoms with Gasteiger partial charge in [0.05, 0.1) is 11.3 Å². The van der Waals surface area contributed by atoms with Crippen molar-refractivity contribution in [2.45, 2.75) is 6.42 Å². The summed E-state index contributed by atoms with van der Waals surface area (Å²) in [6.07, 6.45) is 1.53. The van der Waals surface area contributed by atoms with Crippen LogP contribution in [-0.4, -0.2) is 4.92 Å². The molecule has 0 radical (unpaired) electrons. The van der Waals surface area contributed by atoms with Crippen LogP contribution in [0.2, 0.25) is 0 Å². The Labute approximate surface area is 97.3 Å². The number of allylic oxidation sites excluding steroid dienone is 1. The molecule has 0 aromatic heterocycles. The first-order chi connectivity index (χ1) is 8.25. The molecular formula is C13H9NO3. The molecule has 0 amide bonds. The summed E-state index contributed by atoms with van der Waals surface area (Å²) in [4.78, 5) is 10.4. The minimum Gasteiger partial charge on any atom is -0.458 e. The molecule has 1 aliphatic rings. The van der Waals surface area contributed by atoms with Crippen molar-refractivity contribution < 1.29 is 9.66 Å². The molecule has 0 atom stereocenters. The third kappa shape index (κ3) is 1.54. The minimum absolute atomic E-state index is 0.0915. The second-order valence-corrected chi connectivity index (χ2v) is 3.92. The van der Waals surface area contributed by atoms with Crippen molar-refractivity contribution in [3.05, 3.63) is 64.0 Å². The summed E-state index contributed by atoms with van der Waals surface area (Å²) in [7, 11) is 0. The maximum Gasteiger partial charge on any atom is 0.285 e. The summed E-state index contributed by atoms with van der Waals surface area (Å²) in [5, 5.41) is 12.8. The molecule has 4 nitrogen and oxygen atoms in total. The molecule has 1 aliphatic heterocycles. The SMILES string of the molecule is O=[N+]([O-])C1=COc2ccc3ccccc3c2C1. The van der Waals surface area contributed by atoms with E-state index in [9.17, 15) is 10.1 Å². The van der Waals surface area contributed by atoms with E-state index in [-0.39, 0.29) is 5.70 Å². The summed E-state index contributed by atoms with van der Waals surface area (Å²) in [5.41, 5.74) is 0.978. The molecule has 3 rings (SSSR count). The van der Waals surface area contributed by atoms with Crippen LogP contribution in [0.5, 0.6) is 5.75 Å². The summed E-state index contributed by atoms with van der Waals surface area (Å²) in [6, 6.07) is 11.6. The highest BCUT2D eigenvalue weighted by Gasteiger charge is 2.22. The predicted octanol–water partition coefficient (Wildman–Crippen LogP) is 2.89. The van der Waals surface area contributed by atoms with Gasteiger partial charge in [0.2, 0.25) is 0 Å². The molecule has 2 aromatic rings. The van der Waals surface area contributed by atoms with Gasteiger partial charge in [-0.25, -0.2) is 0 Å². The molecule has 4 heteroatoms. The van der Waals surface area contributed by atoms with E-state index in [4.69, 9.17) is 4.74 Å². The average molecular weight is 227 g/mol. The Morgan fingerprint density at radius 1 is 1.18 bits per heavy atom. The van der Waals surface area contributed by atoms with Crippen molar-refractivity contribution >= 4 is 10.8 Å². The van der Waals surface area contributed by atoms with Crippen molar-refractivity contribution in [2.24, 2.45) is 0 Å². The summed E-state index contributed by atoms with van der Waals surface area (Å²) in [5.74, 6) is 0.703. The predicted molar refractivity (Wildman–Crippen MR) is 63.4 cm³/mol. The number of fused-ring (bicyclic) bond motifs is 3. The van der Waals surface area contributed by atoms with E-state index in [0.717, 1.165) is 16.3 Å². The van der Waals surface area contributed by atoms with Gasteiger partial charge >= 0.3 is 0 Å². The van der Waals surface area contributed by atoms with Crippen LogP contribution < -0.4 is 4.74 Å². The fraction of sp³-hybridized carbons (Fsp3) is 0.0769. The van der Waals surface area contributed by atoms with Gasteiger partial charge in [-0.3, -0.25) is 10.1 Å². The molecule has 0 spiro atoms. The first kappa shape index (κ1) is 9.84. The van der Waals surface area contributed by atoms with Crippen LogP contribution in [0.25, 0.3) is 10.8 Å². The Morgan fingerprint density at radius 3 is 2.82 bits per heavy atom. The lowest BCUT2D eigenvalue weighted by molar-refractivity contribution is -0.428. The third-order valence-electron chi connectivity index (χ3n) is 2.91. The summed E-state index contributed by atoms with van der Waals surface area (Å²) < 4.78 is 5.30. The van der Waals surface area contributed by atoms with Crippen molar-refractivity contribution in [2.75, 3.05) is 0 Å². The Hall–Kier alpha value is -2.36. The number of ether oxygens (including phenoxy) is 1. The largest absolute Gasteiger partial charge is 0.458 e. The van der Waals surface area contributed by atoms with E-state index in [1.165, 1.54) is 6.26 Å². The van der Waals surface area contributed by atoms with Gasteiger partial charge in [0.15, 0.2) is 6.26 Å². The van der Waals surface area contributed by atoms with Crippen molar-refractivity contribution in [1.29, 1.82) is 0 Å². The topological polar surface area (TPSA) is 52.4 Å². The van der Waals surface area contributed by atoms with Gasteiger partial charge in [-0.1, -0.05) is 30.3 Å². The van der Waals surface area contributed by atoms with Gasteiger partial charge in [-0.05, 0) is 16.8 Å². The highest BCUT2D eigenvalue weighted by molar-refractivity contribution is 5.88. The molecule has 0 fully saturated rings. The Balaban J connectivity index is 2.19. The summed E-state index contributed by atoms with van der Waals surface area (Å²) in [6.45, 7) is 0. The number of hydrogen-bond acceptors (Lipinski definition) is 3. The molecule has 17 heavy (non-hydrogen) atoms. The van der Waals surface area contributed by atoms with Crippen LogP contribution in [0.15, 0.2) is 48.4 Å². The zero-order chi connectivity index (χ0) is 11.8. The molecule has 0 aliphatic carbocycles. The number of nitro groups is 1. The van der Waals surface area contributed by atoms with Gasteiger partial charge in [0, 0.05) is 5.56 Å². The van der Waals surface area contributed by atoms with Gasteiger partial charge in [-0.2, -0.15) is 0 Å². The first-order valence-corrected chi connectivity index (χ1v) is 5.26. The zero-order valence-corrected chi connectivity index (χ0v) is 8.92. The van der Waals surface area contributed by atoms with E-state index < -0.39 is 4.92 Å². The quantitative estimate of drug-likeness (QED) is 0.556. The van der Waals surface area contributed by atoms with Gasteiger partial charge in [0.1, 0.15) is 5.75 Å². The number of benzene rings is 2. The lowest BCUT2D eigenvalue weighted by atomic mass is 9.99. The standard InChI is InChI=1S/C13H9NO3/c15-14(16)10-7-12-11-4-2-1-3-9(11)5-6-13(12)17-8-10/h1-6,8H,7H2. The van der Waals surface area contributed by atoms with Crippen molar-refractivity contribution in [3.63, 3.8) is 0 Å². The Bertz CT molecular complexity index is 646. The highest BCUT2D eigenvalue weighted by Crippen LogP contribution is 2.33. The highest BCUT2D eigenvalue weighted by atomic mass is 16.6. The number of nitrogens with zero attached hydrogens (tertiary/aromatic N) is 1. The maximum absolute atomic E-state index is 10.8. The van der Waals surface area contributed by atoms with Crippen LogP contribution in [0.1, 0.15) is 5.56 Å². The molecular weight excluding hydrogens is 218 g/mol. The second-order valence-electron chi connectivity index (χ2n) is 3.92. The van der Waals surface area contributed by atoms with Crippen LogP contribution in [-0.2, 0) is 6.42 Å². The normalized spacial score (nSPS) is 13.8. The van der Waals surface area contributed by atoms with Gasteiger partial charge < -0.3 is 4.74 Å². The molecule has 84 valence electrons. The fourth-order valence-electron chi connectivity index (χ4n) is 2.07. The average Bonchev–Trinajstić information content (AvgIpc) is 2.38. The molecule has 0 saturated carbocycles.